The normalized spacial score (nSPS) is 12.6. The average Bonchev–Trinajstić information content (AvgIpc) is 2.23. The van der Waals surface area contributed by atoms with Crippen LogP contribution in [-0.2, 0) is 19.9 Å². The van der Waals surface area contributed by atoms with Crippen LogP contribution in [0.15, 0.2) is 11.0 Å². The van der Waals surface area contributed by atoms with Crippen molar-refractivity contribution in [1.29, 1.82) is 0 Å². The van der Waals surface area contributed by atoms with E-state index in [2.05, 4.69) is 4.72 Å². The summed E-state index contributed by atoms with van der Waals surface area (Å²) in [4.78, 5) is -0.120. The molecule has 0 heterocycles. The number of nitrogens with one attached hydrogen (secondary N) is 1. The highest BCUT2D eigenvalue weighted by atomic mass is 32.2. The van der Waals surface area contributed by atoms with E-state index < -0.39 is 25.7 Å². The Morgan fingerprint density at radius 2 is 1.80 bits per heavy atom. The van der Waals surface area contributed by atoms with Gasteiger partial charge in [-0.15, -0.1) is 0 Å². The zero-order chi connectivity index (χ0) is 15.7. The van der Waals surface area contributed by atoms with Crippen LogP contribution in [0.3, 0.4) is 0 Å². The van der Waals surface area contributed by atoms with Crippen LogP contribution in [0.5, 0.6) is 0 Å². The SMILES string of the molecule is Cc1cc(F)c(N)c(C)c1S(=O)(=O)NCCS(C)(=O)=O. The quantitative estimate of drug-likeness (QED) is 0.760. The number of anilines is 1. The topological polar surface area (TPSA) is 106 Å². The van der Waals surface area contributed by atoms with Gasteiger partial charge in [0.05, 0.1) is 16.3 Å². The predicted molar refractivity (Wildman–Crippen MR) is 75.2 cm³/mol. The maximum atomic E-state index is 13.4. The smallest absolute Gasteiger partial charge is 0.241 e. The first-order valence-corrected chi connectivity index (χ1v) is 9.22. The summed E-state index contributed by atoms with van der Waals surface area (Å²) in [6.07, 6.45) is 1.01. The van der Waals surface area contributed by atoms with E-state index in [1.54, 1.807) is 0 Å². The number of hydrogen-bond donors (Lipinski definition) is 2. The molecular weight excluding hydrogens is 307 g/mol. The molecule has 0 aliphatic carbocycles. The van der Waals surface area contributed by atoms with E-state index in [9.17, 15) is 21.2 Å². The molecule has 1 aromatic rings. The van der Waals surface area contributed by atoms with E-state index in [1.165, 1.54) is 13.8 Å². The van der Waals surface area contributed by atoms with Crippen molar-refractivity contribution in [2.24, 2.45) is 0 Å². The molecule has 1 rings (SSSR count). The third-order valence-corrected chi connectivity index (χ3v) is 5.43. The molecule has 0 amide bonds. The monoisotopic (exact) mass is 324 g/mol. The second kappa shape index (κ2) is 5.66. The predicted octanol–water partition coefficient (Wildman–Crippen LogP) is 0.348. The number of aryl methyl sites for hydroxylation is 1. The highest BCUT2D eigenvalue weighted by Crippen LogP contribution is 2.27. The standard InChI is InChI=1S/C11H17FN2O4S2/c1-7-6-9(12)10(13)8(2)11(7)20(17,18)14-4-5-19(3,15)16/h6,14H,4-5,13H2,1-3H3. The van der Waals surface area contributed by atoms with Gasteiger partial charge in [0.1, 0.15) is 15.7 Å². The van der Waals surface area contributed by atoms with Gasteiger partial charge >= 0.3 is 0 Å². The Hall–Kier alpha value is -1.19. The van der Waals surface area contributed by atoms with Gasteiger partial charge in [0, 0.05) is 12.8 Å². The number of halogens is 1. The summed E-state index contributed by atoms with van der Waals surface area (Å²) >= 11 is 0. The van der Waals surface area contributed by atoms with Gasteiger partial charge in [0.25, 0.3) is 0 Å². The van der Waals surface area contributed by atoms with Crippen LogP contribution in [0.1, 0.15) is 11.1 Å². The van der Waals surface area contributed by atoms with Crippen molar-refractivity contribution in [3.05, 3.63) is 23.0 Å². The van der Waals surface area contributed by atoms with Crippen LogP contribution in [0.25, 0.3) is 0 Å². The number of nitrogens with two attached hydrogens (primary N) is 1. The molecule has 0 saturated carbocycles. The van der Waals surface area contributed by atoms with Crippen LogP contribution in [0.2, 0.25) is 0 Å². The molecule has 114 valence electrons. The van der Waals surface area contributed by atoms with Crippen LogP contribution in [0, 0.1) is 19.7 Å². The third kappa shape index (κ3) is 3.90. The molecule has 0 saturated heterocycles. The molecule has 1 aromatic carbocycles. The lowest BCUT2D eigenvalue weighted by Crippen LogP contribution is -2.30. The van der Waals surface area contributed by atoms with Crippen molar-refractivity contribution in [3.8, 4) is 0 Å². The van der Waals surface area contributed by atoms with E-state index in [1.807, 2.05) is 0 Å². The Morgan fingerprint density at radius 1 is 1.25 bits per heavy atom. The fraction of sp³-hybridized carbons (Fsp3) is 0.455. The Bertz CT molecular complexity index is 727. The molecule has 20 heavy (non-hydrogen) atoms. The highest BCUT2D eigenvalue weighted by molar-refractivity contribution is 7.91. The first-order valence-electron chi connectivity index (χ1n) is 5.68. The maximum Gasteiger partial charge on any atom is 0.241 e. The summed E-state index contributed by atoms with van der Waals surface area (Å²) in [5.74, 6) is -1.00. The summed E-state index contributed by atoms with van der Waals surface area (Å²) < 4.78 is 61.8. The Kier molecular flexibility index (Phi) is 4.78. The van der Waals surface area contributed by atoms with Gasteiger partial charge in [-0.3, -0.25) is 0 Å². The van der Waals surface area contributed by atoms with Gasteiger partial charge in [0.2, 0.25) is 10.0 Å². The van der Waals surface area contributed by atoms with Crippen LogP contribution in [-0.4, -0.2) is 35.4 Å². The Balaban J connectivity index is 3.14. The molecule has 0 spiro atoms. The minimum absolute atomic E-state index is 0.106. The molecular formula is C11H17FN2O4S2. The zero-order valence-corrected chi connectivity index (χ0v) is 13.0. The van der Waals surface area contributed by atoms with Crippen LogP contribution in [0.4, 0.5) is 10.1 Å². The molecule has 0 unspecified atom stereocenters. The van der Waals surface area contributed by atoms with E-state index in [0.717, 1.165) is 12.3 Å². The number of hydrogen-bond acceptors (Lipinski definition) is 5. The molecule has 0 aromatic heterocycles. The average molecular weight is 324 g/mol. The minimum atomic E-state index is -3.94. The fourth-order valence-corrected chi connectivity index (χ4v) is 3.89. The number of benzene rings is 1. The zero-order valence-electron chi connectivity index (χ0n) is 11.4. The van der Waals surface area contributed by atoms with Crippen LogP contribution >= 0.6 is 0 Å². The van der Waals surface area contributed by atoms with Gasteiger partial charge in [-0.25, -0.2) is 25.9 Å². The third-order valence-electron chi connectivity index (χ3n) is 2.74. The summed E-state index contributed by atoms with van der Waals surface area (Å²) in [6.45, 7) is 2.59. The molecule has 6 nitrogen and oxygen atoms in total. The van der Waals surface area contributed by atoms with Gasteiger partial charge in [-0.05, 0) is 31.0 Å². The number of rotatable bonds is 5. The minimum Gasteiger partial charge on any atom is -0.396 e. The van der Waals surface area contributed by atoms with Gasteiger partial charge in [-0.2, -0.15) is 0 Å². The fourth-order valence-electron chi connectivity index (χ4n) is 1.78. The lowest BCUT2D eigenvalue weighted by molar-refractivity contribution is 0.579. The molecule has 0 aliphatic rings. The maximum absolute atomic E-state index is 13.4. The molecule has 0 atom stereocenters. The van der Waals surface area contributed by atoms with E-state index in [-0.39, 0.29) is 34.0 Å². The molecule has 3 N–H and O–H groups in total. The number of nitrogen functional groups attached to an aromatic ring is 1. The molecule has 9 heteroatoms. The lowest BCUT2D eigenvalue weighted by Gasteiger charge is -2.14. The van der Waals surface area contributed by atoms with Crippen molar-refractivity contribution < 1.29 is 21.2 Å². The van der Waals surface area contributed by atoms with Gasteiger partial charge in [0.15, 0.2) is 0 Å². The summed E-state index contributed by atoms with van der Waals surface area (Å²) in [5, 5.41) is 0. The van der Waals surface area contributed by atoms with Gasteiger partial charge < -0.3 is 5.73 Å². The first kappa shape index (κ1) is 16.9. The largest absolute Gasteiger partial charge is 0.396 e. The highest BCUT2D eigenvalue weighted by Gasteiger charge is 2.22. The summed E-state index contributed by atoms with van der Waals surface area (Å²) in [7, 11) is -7.22. The van der Waals surface area contributed by atoms with Crippen LogP contribution < -0.4 is 10.5 Å². The molecule has 0 aliphatic heterocycles. The second-order valence-electron chi connectivity index (χ2n) is 4.57. The first-order chi connectivity index (χ1) is 8.96. The lowest BCUT2D eigenvalue weighted by atomic mass is 10.1. The number of sulfonamides is 1. The number of sulfone groups is 1. The molecule has 0 radical (unpaired) electrons. The molecule has 0 bridgehead atoms. The van der Waals surface area contributed by atoms with E-state index >= 15 is 0 Å². The second-order valence-corrected chi connectivity index (χ2v) is 8.53. The van der Waals surface area contributed by atoms with E-state index in [4.69, 9.17) is 5.73 Å². The molecule has 0 fully saturated rings. The summed E-state index contributed by atoms with van der Waals surface area (Å²) in [6, 6.07) is 1.04. The van der Waals surface area contributed by atoms with Crippen molar-refractivity contribution in [1.82, 2.24) is 4.72 Å². The summed E-state index contributed by atoms with van der Waals surface area (Å²) in [5.41, 5.74) is 5.56. The van der Waals surface area contributed by atoms with Crippen molar-refractivity contribution in [3.63, 3.8) is 0 Å². The Labute approximate surface area is 118 Å². The van der Waals surface area contributed by atoms with Crippen molar-refractivity contribution in [2.45, 2.75) is 18.7 Å². The van der Waals surface area contributed by atoms with Crippen molar-refractivity contribution in [2.75, 3.05) is 24.3 Å². The van der Waals surface area contributed by atoms with Gasteiger partial charge in [-0.1, -0.05) is 0 Å². The van der Waals surface area contributed by atoms with E-state index in [0.29, 0.717) is 0 Å². The van der Waals surface area contributed by atoms with Crippen molar-refractivity contribution >= 4 is 25.5 Å². The Morgan fingerprint density at radius 3 is 2.30 bits per heavy atom.